The van der Waals surface area contributed by atoms with Crippen molar-refractivity contribution in [2.24, 2.45) is 0 Å². The third-order valence-electron chi connectivity index (χ3n) is 4.14. The quantitative estimate of drug-likeness (QED) is 0.800. The van der Waals surface area contributed by atoms with E-state index in [0.717, 1.165) is 6.42 Å². The van der Waals surface area contributed by atoms with E-state index < -0.39 is 0 Å². The number of hydrogen-bond acceptors (Lipinski definition) is 3. The molecule has 1 fully saturated rings. The molecule has 0 aliphatic carbocycles. The fourth-order valence-corrected chi connectivity index (χ4v) is 3.05. The van der Waals surface area contributed by atoms with Gasteiger partial charge in [0.1, 0.15) is 0 Å². The number of likely N-dealkylation sites (tertiary alicyclic amines) is 1. The number of aliphatic hydroxyl groups excluding tert-OH is 1. The second-order valence-corrected chi connectivity index (χ2v) is 5.85. The predicted molar refractivity (Wildman–Crippen MR) is 83.9 cm³/mol. The van der Waals surface area contributed by atoms with Crippen molar-refractivity contribution in [3.05, 3.63) is 35.9 Å². The number of hydrogen-bond donors (Lipinski definition) is 2. The van der Waals surface area contributed by atoms with Crippen LogP contribution in [0.5, 0.6) is 0 Å². The minimum Gasteiger partial charge on any atom is -0.395 e. The first-order valence-corrected chi connectivity index (χ1v) is 7.95. The summed E-state index contributed by atoms with van der Waals surface area (Å²) in [6.45, 7) is 6.06. The lowest BCUT2D eigenvalue weighted by molar-refractivity contribution is 0.171. The van der Waals surface area contributed by atoms with Crippen LogP contribution in [0.4, 0.5) is 0 Å². The molecule has 1 aliphatic rings. The minimum absolute atomic E-state index is 0.181. The molecular weight excluding hydrogens is 248 g/mol. The molecule has 0 spiro atoms. The van der Waals surface area contributed by atoms with Crippen LogP contribution in [0.25, 0.3) is 0 Å². The Morgan fingerprint density at radius 3 is 2.55 bits per heavy atom. The zero-order chi connectivity index (χ0) is 14.2. The van der Waals surface area contributed by atoms with Gasteiger partial charge in [-0.2, -0.15) is 0 Å². The Kier molecular flexibility index (Phi) is 6.51. The molecule has 1 heterocycles. The van der Waals surface area contributed by atoms with E-state index in [1.807, 2.05) is 6.07 Å². The molecular formula is C17H28N2O. The highest BCUT2D eigenvalue weighted by atomic mass is 16.3. The highest BCUT2D eigenvalue weighted by molar-refractivity contribution is 5.16. The molecule has 0 amide bonds. The van der Waals surface area contributed by atoms with Crippen molar-refractivity contribution in [1.29, 1.82) is 0 Å². The zero-order valence-corrected chi connectivity index (χ0v) is 12.6. The van der Waals surface area contributed by atoms with Gasteiger partial charge in [0, 0.05) is 12.1 Å². The molecule has 2 N–H and O–H groups in total. The van der Waals surface area contributed by atoms with E-state index >= 15 is 0 Å². The maximum atomic E-state index is 9.58. The Bertz CT molecular complexity index is 361. The molecule has 1 saturated heterocycles. The molecule has 3 heteroatoms. The van der Waals surface area contributed by atoms with E-state index in [0.29, 0.717) is 6.04 Å². The Hall–Kier alpha value is -0.900. The van der Waals surface area contributed by atoms with E-state index in [2.05, 4.69) is 41.4 Å². The molecule has 1 atom stereocenters. The number of aliphatic hydroxyl groups is 1. The van der Waals surface area contributed by atoms with E-state index in [1.54, 1.807) is 0 Å². The molecule has 3 nitrogen and oxygen atoms in total. The van der Waals surface area contributed by atoms with Gasteiger partial charge in [0.15, 0.2) is 0 Å². The van der Waals surface area contributed by atoms with Crippen LogP contribution in [0.3, 0.4) is 0 Å². The van der Waals surface area contributed by atoms with Gasteiger partial charge in [0.05, 0.1) is 6.61 Å². The summed E-state index contributed by atoms with van der Waals surface area (Å²) in [6, 6.07) is 11.2. The maximum absolute atomic E-state index is 9.58. The van der Waals surface area contributed by atoms with E-state index in [9.17, 15) is 5.11 Å². The summed E-state index contributed by atoms with van der Waals surface area (Å²) < 4.78 is 0. The average molecular weight is 276 g/mol. The summed E-state index contributed by atoms with van der Waals surface area (Å²) in [5.41, 5.74) is 1.29. The van der Waals surface area contributed by atoms with Gasteiger partial charge >= 0.3 is 0 Å². The standard InChI is InChI=1S/C17H28N2O/c1-2-10-19-11-8-16(9-12-19)18-17(14-20)13-15-6-4-3-5-7-15/h3-7,16-18,20H,2,8-14H2,1H3. The molecule has 1 aliphatic heterocycles. The summed E-state index contributed by atoms with van der Waals surface area (Å²) in [5, 5.41) is 13.2. The van der Waals surface area contributed by atoms with Gasteiger partial charge in [-0.05, 0) is 50.9 Å². The monoisotopic (exact) mass is 276 g/mol. The fourth-order valence-electron chi connectivity index (χ4n) is 3.05. The van der Waals surface area contributed by atoms with Gasteiger partial charge in [-0.3, -0.25) is 0 Å². The van der Waals surface area contributed by atoms with Crippen molar-refractivity contribution in [2.75, 3.05) is 26.2 Å². The highest BCUT2D eigenvalue weighted by Crippen LogP contribution is 2.12. The number of nitrogens with zero attached hydrogens (tertiary/aromatic N) is 1. The number of rotatable bonds is 7. The SMILES string of the molecule is CCCN1CCC(NC(CO)Cc2ccccc2)CC1. The topological polar surface area (TPSA) is 35.5 Å². The number of piperidine rings is 1. The lowest BCUT2D eigenvalue weighted by atomic mass is 10.0. The molecule has 2 rings (SSSR count). The number of nitrogens with one attached hydrogen (secondary N) is 1. The van der Waals surface area contributed by atoms with Crippen molar-refractivity contribution in [3.63, 3.8) is 0 Å². The van der Waals surface area contributed by atoms with Crippen molar-refractivity contribution >= 4 is 0 Å². The van der Waals surface area contributed by atoms with Gasteiger partial charge in [-0.25, -0.2) is 0 Å². The first-order valence-electron chi connectivity index (χ1n) is 7.95. The van der Waals surface area contributed by atoms with Gasteiger partial charge in [-0.1, -0.05) is 37.3 Å². The van der Waals surface area contributed by atoms with Crippen LogP contribution in [0.15, 0.2) is 30.3 Å². The van der Waals surface area contributed by atoms with Crippen molar-refractivity contribution in [1.82, 2.24) is 10.2 Å². The Balaban J connectivity index is 1.76. The predicted octanol–water partition coefficient (Wildman–Crippen LogP) is 2.05. The van der Waals surface area contributed by atoms with E-state index in [4.69, 9.17) is 0 Å². The van der Waals surface area contributed by atoms with Crippen LogP contribution in [-0.4, -0.2) is 48.3 Å². The van der Waals surface area contributed by atoms with Crippen LogP contribution in [0.1, 0.15) is 31.7 Å². The first-order chi connectivity index (χ1) is 9.81. The average Bonchev–Trinajstić information content (AvgIpc) is 2.50. The highest BCUT2D eigenvalue weighted by Gasteiger charge is 2.21. The van der Waals surface area contributed by atoms with Crippen molar-refractivity contribution < 1.29 is 5.11 Å². The van der Waals surface area contributed by atoms with Gasteiger partial charge in [-0.15, -0.1) is 0 Å². The number of benzene rings is 1. The summed E-state index contributed by atoms with van der Waals surface area (Å²) in [4.78, 5) is 2.54. The summed E-state index contributed by atoms with van der Waals surface area (Å²) >= 11 is 0. The minimum atomic E-state index is 0.181. The molecule has 1 unspecified atom stereocenters. The lowest BCUT2D eigenvalue weighted by Crippen LogP contribution is -2.48. The van der Waals surface area contributed by atoms with Crippen LogP contribution >= 0.6 is 0 Å². The molecule has 0 aromatic heterocycles. The lowest BCUT2D eigenvalue weighted by Gasteiger charge is -2.34. The fraction of sp³-hybridized carbons (Fsp3) is 0.647. The normalized spacial score (nSPS) is 19.1. The molecule has 0 saturated carbocycles. The van der Waals surface area contributed by atoms with Gasteiger partial charge in [0.2, 0.25) is 0 Å². The van der Waals surface area contributed by atoms with Crippen LogP contribution in [-0.2, 0) is 6.42 Å². The Labute approximate surface area is 123 Å². The summed E-state index contributed by atoms with van der Waals surface area (Å²) in [5.74, 6) is 0. The molecule has 1 aromatic carbocycles. The molecule has 1 aromatic rings. The smallest absolute Gasteiger partial charge is 0.0587 e. The van der Waals surface area contributed by atoms with E-state index in [-0.39, 0.29) is 12.6 Å². The summed E-state index contributed by atoms with van der Waals surface area (Å²) in [6.07, 6.45) is 4.55. The largest absolute Gasteiger partial charge is 0.395 e. The van der Waals surface area contributed by atoms with Gasteiger partial charge < -0.3 is 15.3 Å². The second kappa shape index (κ2) is 8.40. The van der Waals surface area contributed by atoms with Gasteiger partial charge in [0.25, 0.3) is 0 Å². The third kappa shape index (κ3) is 4.89. The first kappa shape index (κ1) is 15.5. The molecule has 112 valence electrons. The van der Waals surface area contributed by atoms with Crippen LogP contribution in [0.2, 0.25) is 0 Å². The Morgan fingerprint density at radius 1 is 1.25 bits per heavy atom. The maximum Gasteiger partial charge on any atom is 0.0587 e. The molecule has 20 heavy (non-hydrogen) atoms. The van der Waals surface area contributed by atoms with E-state index in [1.165, 1.54) is 44.5 Å². The molecule has 0 radical (unpaired) electrons. The Morgan fingerprint density at radius 2 is 1.95 bits per heavy atom. The van der Waals surface area contributed by atoms with Crippen LogP contribution in [0, 0.1) is 0 Å². The second-order valence-electron chi connectivity index (χ2n) is 5.85. The third-order valence-corrected chi connectivity index (χ3v) is 4.14. The summed E-state index contributed by atoms with van der Waals surface area (Å²) in [7, 11) is 0. The zero-order valence-electron chi connectivity index (χ0n) is 12.6. The van der Waals surface area contributed by atoms with Crippen molar-refractivity contribution in [3.8, 4) is 0 Å². The molecule has 0 bridgehead atoms. The van der Waals surface area contributed by atoms with Crippen molar-refractivity contribution in [2.45, 2.75) is 44.7 Å². The van der Waals surface area contributed by atoms with Crippen LogP contribution < -0.4 is 5.32 Å².